The van der Waals surface area contributed by atoms with E-state index in [0.717, 1.165) is 6.42 Å². The molecule has 2 nitrogen and oxygen atoms in total. The monoisotopic (exact) mass is 209 g/mol. The van der Waals surface area contributed by atoms with Crippen LogP contribution in [0.2, 0.25) is 0 Å². The van der Waals surface area contributed by atoms with Crippen molar-refractivity contribution in [1.29, 1.82) is 0 Å². The lowest BCUT2D eigenvalue weighted by Crippen LogP contribution is -2.60. The number of benzene rings is 1. The van der Waals surface area contributed by atoms with E-state index in [2.05, 4.69) is 0 Å². The smallest absolute Gasteiger partial charge is 0.165 e. The molecule has 1 aliphatic carbocycles. The van der Waals surface area contributed by atoms with Crippen LogP contribution >= 0.6 is 0 Å². The maximum Gasteiger partial charge on any atom is 0.165 e. The Morgan fingerprint density at radius 1 is 1.40 bits per heavy atom. The molecule has 0 aliphatic heterocycles. The topological polar surface area (TPSA) is 35.2 Å². The van der Waals surface area contributed by atoms with Gasteiger partial charge in [-0.15, -0.1) is 0 Å². The van der Waals surface area contributed by atoms with Gasteiger partial charge in [-0.2, -0.15) is 0 Å². The van der Waals surface area contributed by atoms with E-state index in [1.54, 1.807) is 18.2 Å². The van der Waals surface area contributed by atoms with Crippen LogP contribution < -0.4 is 10.5 Å². The molecule has 0 amide bonds. The van der Waals surface area contributed by atoms with Crippen molar-refractivity contribution in [3.8, 4) is 5.75 Å². The molecule has 0 saturated heterocycles. The third kappa shape index (κ3) is 1.72. The molecule has 0 bridgehead atoms. The molecule has 2 unspecified atom stereocenters. The normalized spacial score (nSPS) is 28.3. The molecule has 15 heavy (non-hydrogen) atoms. The average molecular weight is 209 g/mol. The second-order valence-corrected chi connectivity index (χ2v) is 4.70. The van der Waals surface area contributed by atoms with Gasteiger partial charge in [0.25, 0.3) is 0 Å². The van der Waals surface area contributed by atoms with Crippen molar-refractivity contribution in [3.05, 3.63) is 30.1 Å². The molecule has 2 N–H and O–H groups in total. The summed E-state index contributed by atoms with van der Waals surface area (Å²) in [5, 5.41) is 0. The lowest BCUT2D eigenvalue weighted by atomic mass is 9.65. The molecule has 0 aromatic heterocycles. The Labute approximate surface area is 89.2 Å². The number of hydrogen-bond acceptors (Lipinski definition) is 2. The molecule has 1 aliphatic rings. The number of halogens is 1. The highest BCUT2D eigenvalue weighted by molar-refractivity contribution is 5.25. The van der Waals surface area contributed by atoms with E-state index in [1.807, 2.05) is 13.8 Å². The van der Waals surface area contributed by atoms with Gasteiger partial charge in [-0.3, -0.25) is 0 Å². The summed E-state index contributed by atoms with van der Waals surface area (Å²) in [4.78, 5) is 0. The molecule has 1 aromatic rings. The van der Waals surface area contributed by atoms with Gasteiger partial charge in [0.05, 0.1) is 0 Å². The summed E-state index contributed by atoms with van der Waals surface area (Å²) in [5.41, 5.74) is 5.80. The molecule has 1 saturated carbocycles. The average Bonchev–Trinajstić information content (AvgIpc) is 2.20. The van der Waals surface area contributed by atoms with E-state index < -0.39 is 0 Å². The predicted octanol–water partition coefficient (Wildman–Crippen LogP) is 2.33. The maximum absolute atomic E-state index is 13.3. The van der Waals surface area contributed by atoms with E-state index in [0.29, 0.717) is 5.75 Å². The maximum atomic E-state index is 13.3. The van der Waals surface area contributed by atoms with Gasteiger partial charge in [-0.25, -0.2) is 4.39 Å². The fourth-order valence-corrected chi connectivity index (χ4v) is 1.81. The van der Waals surface area contributed by atoms with Gasteiger partial charge in [-0.05, 0) is 12.1 Å². The zero-order chi connectivity index (χ0) is 11.1. The Kier molecular flexibility index (Phi) is 2.43. The first kappa shape index (κ1) is 10.4. The summed E-state index contributed by atoms with van der Waals surface area (Å²) < 4.78 is 18.9. The molecule has 3 heteroatoms. The van der Waals surface area contributed by atoms with E-state index in [1.165, 1.54) is 6.07 Å². The Morgan fingerprint density at radius 2 is 2.07 bits per heavy atom. The molecule has 0 radical (unpaired) electrons. The minimum absolute atomic E-state index is 0.0180. The first-order valence-corrected chi connectivity index (χ1v) is 5.18. The van der Waals surface area contributed by atoms with Crippen molar-refractivity contribution < 1.29 is 9.13 Å². The Morgan fingerprint density at radius 3 is 2.60 bits per heavy atom. The van der Waals surface area contributed by atoms with Crippen LogP contribution in [0.5, 0.6) is 5.75 Å². The van der Waals surface area contributed by atoms with Crippen LogP contribution in [0.3, 0.4) is 0 Å². The third-order valence-electron chi connectivity index (χ3n) is 3.36. The number of ether oxygens (including phenoxy) is 1. The predicted molar refractivity (Wildman–Crippen MR) is 57.2 cm³/mol. The zero-order valence-corrected chi connectivity index (χ0v) is 9.03. The molecule has 0 spiro atoms. The molecule has 82 valence electrons. The summed E-state index contributed by atoms with van der Waals surface area (Å²) in [6.45, 7) is 4.10. The van der Waals surface area contributed by atoms with Gasteiger partial charge in [0.15, 0.2) is 11.6 Å². The largest absolute Gasteiger partial charge is 0.487 e. The summed E-state index contributed by atoms with van der Waals surface area (Å²) >= 11 is 0. The van der Waals surface area contributed by atoms with Crippen molar-refractivity contribution in [2.45, 2.75) is 32.4 Å². The first-order chi connectivity index (χ1) is 7.01. The van der Waals surface area contributed by atoms with Gasteiger partial charge < -0.3 is 10.5 Å². The van der Waals surface area contributed by atoms with Gasteiger partial charge in [-0.1, -0.05) is 26.0 Å². The highest BCUT2D eigenvalue weighted by Crippen LogP contribution is 2.41. The van der Waals surface area contributed by atoms with Crippen LogP contribution in [0.15, 0.2) is 24.3 Å². The Bertz CT molecular complexity index is 364. The van der Waals surface area contributed by atoms with Crippen molar-refractivity contribution in [2.24, 2.45) is 11.1 Å². The third-order valence-corrected chi connectivity index (χ3v) is 3.36. The molecule has 2 rings (SSSR count). The van der Waals surface area contributed by atoms with Crippen molar-refractivity contribution in [1.82, 2.24) is 0 Å². The van der Waals surface area contributed by atoms with E-state index in [9.17, 15) is 4.39 Å². The molecule has 2 atom stereocenters. The van der Waals surface area contributed by atoms with Crippen molar-refractivity contribution >= 4 is 0 Å². The van der Waals surface area contributed by atoms with Crippen LogP contribution in [0.25, 0.3) is 0 Å². The molecular weight excluding hydrogens is 193 g/mol. The number of para-hydroxylation sites is 1. The second kappa shape index (κ2) is 3.49. The van der Waals surface area contributed by atoms with Crippen LogP contribution in [-0.2, 0) is 0 Å². The fourth-order valence-electron chi connectivity index (χ4n) is 1.81. The van der Waals surface area contributed by atoms with E-state index >= 15 is 0 Å². The first-order valence-electron chi connectivity index (χ1n) is 5.18. The zero-order valence-electron chi connectivity index (χ0n) is 9.03. The van der Waals surface area contributed by atoms with E-state index in [-0.39, 0.29) is 23.4 Å². The Balaban J connectivity index is 2.08. The van der Waals surface area contributed by atoms with Gasteiger partial charge in [0, 0.05) is 17.9 Å². The second-order valence-electron chi connectivity index (χ2n) is 4.70. The van der Waals surface area contributed by atoms with Gasteiger partial charge >= 0.3 is 0 Å². The molecule has 0 heterocycles. The van der Waals surface area contributed by atoms with Crippen LogP contribution in [0.1, 0.15) is 20.3 Å². The highest BCUT2D eigenvalue weighted by Gasteiger charge is 2.48. The summed E-state index contributed by atoms with van der Waals surface area (Å²) in [6.07, 6.45) is 0.811. The minimum atomic E-state index is -0.311. The summed E-state index contributed by atoms with van der Waals surface area (Å²) in [6, 6.07) is 6.62. The SMILES string of the molecule is CC1(C)C(N)CC1Oc1ccccc1F. The molecular formula is C12H16FNO. The number of hydrogen-bond donors (Lipinski definition) is 1. The highest BCUT2D eigenvalue weighted by atomic mass is 19.1. The quantitative estimate of drug-likeness (QED) is 0.811. The minimum Gasteiger partial charge on any atom is -0.487 e. The Hall–Kier alpha value is -1.09. The van der Waals surface area contributed by atoms with Crippen molar-refractivity contribution in [3.63, 3.8) is 0 Å². The summed E-state index contributed by atoms with van der Waals surface area (Å²) in [7, 11) is 0. The standard InChI is InChI=1S/C12H16FNO/c1-12(2)10(14)7-11(12)15-9-6-4-3-5-8(9)13/h3-6,10-11H,7,14H2,1-2H3. The van der Waals surface area contributed by atoms with Gasteiger partial charge in [0.1, 0.15) is 6.10 Å². The molecule has 1 aromatic carbocycles. The lowest BCUT2D eigenvalue weighted by molar-refractivity contribution is -0.0418. The van der Waals surface area contributed by atoms with Crippen LogP contribution in [0, 0.1) is 11.2 Å². The van der Waals surface area contributed by atoms with E-state index in [4.69, 9.17) is 10.5 Å². The van der Waals surface area contributed by atoms with Crippen molar-refractivity contribution in [2.75, 3.05) is 0 Å². The fraction of sp³-hybridized carbons (Fsp3) is 0.500. The van der Waals surface area contributed by atoms with Crippen LogP contribution in [0.4, 0.5) is 4.39 Å². The number of nitrogens with two attached hydrogens (primary N) is 1. The van der Waals surface area contributed by atoms with Gasteiger partial charge in [0.2, 0.25) is 0 Å². The number of rotatable bonds is 2. The molecule has 1 fully saturated rings. The lowest BCUT2D eigenvalue weighted by Gasteiger charge is -2.49. The summed E-state index contributed by atoms with van der Waals surface area (Å²) in [5.74, 6) is 0.0104. The van der Waals surface area contributed by atoms with Crippen LogP contribution in [-0.4, -0.2) is 12.1 Å².